The highest BCUT2D eigenvalue weighted by atomic mass is 32.1. The van der Waals surface area contributed by atoms with Crippen LogP contribution < -0.4 is 10.9 Å². The summed E-state index contributed by atoms with van der Waals surface area (Å²) in [5.74, 6) is 0.397. The molecule has 0 aromatic carbocycles. The van der Waals surface area contributed by atoms with Crippen molar-refractivity contribution in [2.24, 2.45) is 0 Å². The Labute approximate surface area is 96.6 Å². The summed E-state index contributed by atoms with van der Waals surface area (Å²) in [6.45, 7) is 3.73. The Kier molecular flexibility index (Phi) is 3.07. The van der Waals surface area contributed by atoms with Crippen LogP contribution in [0.2, 0.25) is 0 Å². The number of rotatable bonds is 4. The van der Waals surface area contributed by atoms with Crippen LogP contribution in [0.25, 0.3) is 5.70 Å². The van der Waals surface area contributed by atoms with Gasteiger partial charge in [0, 0.05) is 0 Å². The minimum Gasteiger partial charge on any atom is -0.463 e. The van der Waals surface area contributed by atoms with Crippen molar-refractivity contribution >= 4 is 22.9 Å². The van der Waals surface area contributed by atoms with Gasteiger partial charge in [-0.3, -0.25) is 15.6 Å². The van der Waals surface area contributed by atoms with Crippen LogP contribution in [0.4, 0.5) is 0 Å². The fraction of sp³-hybridized carbons (Fsp3) is 0. The fourth-order valence-electron chi connectivity index (χ4n) is 1.11. The summed E-state index contributed by atoms with van der Waals surface area (Å²) in [6, 6.07) is 7.08. The smallest absolute Gasteiger partial charge is 0.279 e. The molecular formula is C11H10N2O2S. The molecular weight excluding hydrogens is 224 g/mol. The van der Waals surface area contributed by atoms with Crippen LogP contribution in [0.15, 0.2) is 46.9 Å². The maximum Gasteiger partial charge on any atom is 0.279 e. The second-order valence-corrected chi connectivity index (χ2v) is 3.96. The van der Waals surface area contributed by atoms with E-state index in [1.165, 1.54) is 11.3 Å². The van der Waals surface area contributed by atoms with Crippen molar-refractivity contribution in [2.45, 2.75) is 0 Å². The fourth-order valence-corrected chi connectivity index (χ4v) is 1.73. The molecule has 0 aliphatic carbocycles. The van der Waals surface area contributed by atoms with E-state index in [0.717, 1.165) is 0 Å². The molecule has 0 radical (unpaired) electrons. The highest BCUT2D eigenvalue weighted by Crippen LogP contribution is 2.10. The summed E-state index contributed by atoms with van der Waals surface area (Å²) >= 11 is 1.38. The number of carbonyl (C=O) groups excluding carboxylic acids is 1. The zero-order chi connectivity index (χ0) is 11.4. The van der Waals surface area contributed by atoms with Gasteiger partial charge in [0.2, 0.25) is 0 Å². The molecule has 2 rings (SSSR count). The highest BCUT2D eigenvalue weighted by Gasteiger charge is 2.07. The molecule has 2 N–H and O–H groups in total. The molecule has 16 heavy (non-hydrogen) atoms. The number of amides is 1. The Morgan fingerprint density at radius 3 is 2.81 bits per heavy atom. The molecule has 0 spiro atoms. The SMILES string of the molecule is C=C(NNC(=O)c1cccs1)c1ccco1. The molecule has 0 bridgehead atoms. The van der Waals surface area contributed by atoms with Gasteiger partial charge in [-0.25, -0.2) is 0 Å². The number of nitrogens with one attached hydrogen (secondary N) is 2. The molecule has 2 heterocycles. The number of hydrazine groups is 1. The second-order valence-electron chi connectivity index (χ2n) is 3.01. The van der Waals surface area contributed by atoms with Gasteiger partial charge in [-0.15, -0.1) is 11.3 Å². The predicted molar refractivity (Wildman–Crippen MR) is 62.7 cm³/mol. The molecule has 0 aliphatic heterocycles. The monoisotopic (exact) mass is 234 g/mol. The van der Waals surface area contributed by atoms with Gasteiger partial charge in [0.05, 0.1) is 16.8 Å². The Hall–Kier alpha value is -2.01. The lowest BCUT2D eigenvalue weighted by Crippen LogP contribution is -2.35. The van der Waals surface area contributed by atoms with Crippen LogP contribution in [0.1, 0.15) is 15.4 Å². The third-order valence-corrected chi connectivity index (χ3v) is 2.76. The first kappa shape index (κ1) is 10.5. The Morgan fingerprint density at radius 2 is 2.19 bits per heavy atom. The van der Waals surface area contributed by atoms with Crippen LogP contribution in [0, 0.1) is 0 Å². The van der Waals surface area contributed by atoms with Crippen molar-refractivity contribution in [3.63, 3.8) is 0 Å². The predicted octanol–water partition coefficient (Wildman–Crippen LogP) is 2.25. The molecule has 2 aromatic heterocycles. The number of thiophene rings is 1. The van der Waals surface area contributed by atoms with Crippen molar-refractivity contribution in [1.29, 1.82) is 0 Å². The van der Waals surface area contributed by atoms with Crippen molar-refractivity contribution in [3.8, 4) is 0 Å². The van der Waals surface area contributed by atoms with E-state index in [2.05, 4.69) is 17.4 Å². The Morgan fingerprint density at radius 1 is 1.31 bits per heavy atom. The van der Waals surface area contributed by atoms with Crippen molar-refractivity contribution in [1.82, 2.24) is 10.9 Å². The molecule has 0 aliphatic rings. The van der Waals surface area contributed by atoms with Gasteiger partial charge in [0.1, 0.15) is 0 Å². The lowest BCUT2D eigenvalue weighted by Gasteiger charge is -2.07. The van der Waals surface area contributed by atoms with E-state index in [1.54, 1.807) is 24.5 Å². The van der Waals surface area contributed by atoms with Crippen molar-refractivity contribution < 1.29 is 9.21 Å². The minimum absolute atomic E-state index is 0.192. The van der Waals surface area contributed by atoms with Crippen LogP contribution >= 0.6 is 11.3 Å². The largest absolute Gasteiger partial charge is 0.463 e. The molecule has 0 unspecified atom stereocenters. The quantitative estimate of drug-likeness (QED) is 0.798. The molecule has 0 saturated heterocycles. The molecule has 82 valence electrons. The summed E-state index contributed by atoms with van der Waals surface area (Å²) in [7, 11) is 0. The summed E-state index contributed by atoms with van der Waals surface area (Å²) in [4.78, 5) is 12.2. The molecule has 1 amide bonds. The molecule has 0 fully saturated rings. The maximum absolute atomic E-state index is 11.5. The molecule has 4 nitrogen and oxygen atoms in total. The van der Waals surface area contributed by atoms with Gasteiger partial charge in [-0.05, 0) is 23.6 Å². The number of carbonyl (C=O) groups is 1. The average Bonchev–Trinajstić information content (AvgIpc) is 2.95. The first-order valence-corrected chi connectivity index (χ1v) is 5.48. The zero-order valence-electron chi connectivity index (χ0n) is 8.40. The lowest BCUT2D eigenvalue weighted by molar-refractivity contribution is 0.0946. The first-order valence-electron chi connectivity index (χ1n) is 4.60. The summed E-state index contributed by atoms with van der Waals surface area (Å²) in [5.41, 5.74) is 5.74. The van der Waals surface area contributed by atoms with E-state index in [-0.39, 0.29) is 5.91 Å². The van der Waals surface area contributed by atoms with Gasteiger partial charge >= 0.3 is 0 Å². The average molecular weight is 234 g/mol. The van der Waals surface area contributed by atoms with Crippen molar-refractivity contribution in [2.75, 3.05) is 0 Å². The second kappa shape index (κ2) is 4.67. The number of hydrogen-bond acceptors (Lipinski definition) is 4. The third-order valence-electron chi connectivity index (χ3n) is 1.89. The van der Waals surface area contributed by atoms with Crippen molar-refractivity contribution in [3.05, 3.63) is 53.1 Å². The minimum atomic E-state index is -0.192. The van der Waals surface area contributed by atoms with E-state index in [9.17, 15) is 4.79 Å². The van der Waals surface area contributed by atoms with Crippen LogP contribution in [0.5, 0.6) is 0 Å². The molecule has 5 heteroatoms. The van der Waals surface area contributed by atoms with Gasteiger partial charge in [0.25, 0.3) is 5.91 Å². The molecule has 0 atom stereocenters. The molecule has 2 aromatic rings. The van der Waals surface area contributed by atoms with Crippen LogP contribution in [0.3, 0.4) is 0 Å². The van der Waals surface area contributed by atoms with Gasteiger partial charge in [-0.2, -0.15) is 0 Å². The summed E-state index contributed by atoms with van der Waals surface area (Å²) in [6.07, 6.45) is 1.54. The van der Waals surface area contributed by atoms with E-state index in [1.807, 2.05) is 11.4 Å². The van der Waals surface area contributed by atoms with Gasteiger partial charge in [0.15, 0.2) is 5.76 Å². The Bertz CT molecular complexity index is 428. The molecule has 0 saturated carbocycles. The normalized spacial score (nSPS) is 9.75. The van der Waals surface area contributed by atoms with E-state index < -0.39 is 0 Å². The maximum atomic E-state index is 11.5. The third kappa shape index (κ3) is 2.32. The van der Waals surface area contributed by atoms with E-state index in [0.29, 0.717) is 16.3 Å². The topological polar surface area (TPSA) is 54.3 Å². The lowest BCUT2D eigenvalue weighted by atomic mass is 10.4. The number of hydrogen-bond donors (Lipinski definition) is 2. The summed E-state index contributed by atoms with van der Waals surface area (Å²) < 4.78 is 5.11. The van der Waals surface area contributed by atoms with Crippen LogP contribution in [-0.2, 0) is 0 Å². The number of furan rings is 1. The highest BCUT2D eigenvalue weighted by molar-refractivity contribution is 7.12. The van der Waals surface area contributed by atoms with Gasteiger partial charge in [-0.1, -0.05) is 12.6 Å². The zero-order valence-corrected chi connectivity index (χ0v) is 9.21. The van der Waals surface area contributed by atoms with Crippen LogP contribution in [-0.4, -0.2) is 5.91 Å². The van der Waals surface area contributed by atoms with E-state index >= 15 is 0 Å². The Balaban J connectivity index is 1.89. The standard InChI is InChI=1S/C11H10N2O2S/c1-8(9-4-2-6-15-9)12-13-11(14)10-5-3-7-16-10/h2-7,12H,1H2,(H,13,14). The van der Waals surface area contributed by atoms with Gasteiger partial charge < -0.3 is 4.42 Å². The summed E-state index contributed by atoms with van der Waals surface area (Å²) in [5, 5.41) is 1.84. The van der Waals surface area contributed by atoms with E-state index in [4.69, 9.17) is 4.42 Å². The first-order chi connectivity index (χ1) is 7.77.